The molecule has 2 N–H and O–H groups in total. The molecule has 3 fully saturated rings. The van der Waals surface area contributed by atoms with E-state index in [2.05, 4.69) is 39.0 Å². The molecule has 5 rings (SSSR count). The molecule has 10 nitrogen and oxygen atoms in total. The highest BCUT2D eigenvalue weighted by Crippen LogP contribution is 2.40. The van der Waals surface area contributed by atoms with Crippen molar-refractivity contribution in [2.45, 2.75) is 62.6 Å². The molecule has 0 aromatic carbocycles. The summed E-state index contributed by atoms with van der Waals surface area (Å²) < 4.78 is 7.41. The van der Waals surface area contributed by atoms with Gasteiger partial charge in [-0.1, -0.05) is 25.6 Å². The summed E-state index contributed by atoms with van der Waals surface area (Å²) in [5.41, 5.74) is -0.520. The first-order valence-electron chi connectivity index (χ1n) is 12.2. The van der Waals surface area contributed by atoms with Crippen molar-refractivity contribution >= 4 is 28.7 Å². The van der Waals surface area contributed by atoms with Crippen molar-refractivity contribution in [1.29, 1.82) is 0 Å². The van der Waals surface area contributed by atoms with E-state index in [4.69, 9.17) is 4.74 Å². The summed E-state index contributed by atoms with van der Waals surface area (Å²) in [5, 5.41) is 3.73. The normalized spacial score (nSPS) is 21.3. The van der Waals surface area contributed by atoms with Gasteiger partial charge in [0.15, 0.2) is 5.65 Å². The lowest BCUT2D eigenvalue weighted by molar-refractivity contribution is -0.119. The number of fused-ring (bicyclic) bond motifs is 1. The second kappa shape index (κ2) is 9.79. The molecule has 0 bridgehead atoms. The second-order valence-electron chi connectivity index (χ2n) is 9.96. The highest BCUT2D eigenvalue weighted by atomic mass is 32.2. The Morgan fingerprint density at radius 2 is 2.03 bits per heavy atom. The first-order chi connectivity index (χ1) is 16.4. The van der Waals surface area contributed by atoms with Gasteiger partial charge in [-0.15, -0.1) is 0 Å². The molecule has 1 saturated heterocycles. The zero-order valence-corrected chi connectivity index (χ0v) is 20.5. The summed E-state index contributed by atoms with van der Waals surface area (Å²) in [6.07, 6.45) is 3.77. The molecule has 2 aromatic rings. The van der Waals surface area contributed by atoms with E-state index in [1.807, 2.05) is 0 Å². The van der Waals surface area contributed by atoms with E-state index >= 15 is 0 Å². The second-order valence-corrected chi connectivity index (χ2v) is 10.9. The van der Waals surface area contributed by atoms with Crippen molar-refractivity contribution in [2.75, 3.05) is 38.5 Å². The Hall–Kier alpha value is -2.24. The number of hydrogen-bond donors (Lipinski definition) is 2. The number of morpholine rings is 1. The Kier molecular flexibility index (Phi) is 6.76. The van der Waals surface area contributed by atoms with Crippen LogP contribution in [0.1, 0.15) is 57.3 Å². The molecule has 2 aliphatic carbocycles. The molecule has 11 heteroatoms. The Labute approximate surface area is 201 Å². The van der Waals surface area contributed by atoms with Crippen molar-refractivity contribution in [3.8, 4) is 0 Å². The summed E-state index contributed by atoms with van der Waals surface area (Å²) >= 11 is 1.22. The third-order valence-electron chi connectivity index (χ3n) is 6.34. The number of carbonyl (C=O) groups excluding carboxylic acids is 1. The quantitative estimate of drug-likeness (QED) is 0.400. The van der Waals surface area contributed by atoms with E-state index in [1.165, 1.54) is 11.8 Å². The predicted molar refractivity (Wildman–Crippen MR) is 129 cm³/mol. The maximum absolute atomic E-state index is 12.7. The van der Waals surface area contributed by atoms with Crippen LogP contribution in [0.3, 0.4) is 0 Å². The Morgan fingerprint density at radius 1 is 1.24 bits per heavy atom. The topological polar surface area (TPSA) is 122 Å². The number of hydrogen-bond acceptors (Lipinski definition) is 8. The third kappa shape index (κ3) is 5.36. The lowest BCUT2D eigenvalue weighted by Gasteiger charge is -2.33. The fourth-order valence-corrected chi connectivity index (χ4v) is 5.29. The van der Waals surface area contributed by atoms with Crippen LogP contribution in [0, 0.1) is 5.92 Å². The number of H-pyrrole nitrogens is 1. The van der Waals surface area contributed by atoms with Crippen molar-refractivity contribution in [3.05, 3.63) is 26.7 Å². The number of carbonyl (C=O) groups is 1. The Balaban J connectivity index is 1.28. The molecule has 184 valence electrons. The number of aromatic nitrogens is 4. The van der Waals surface area contributed by atoms with E-state index in [1.54, 1.807) is 4.57 Å². The van der Waals surface area contributed by atoms with Gasteiger partial charge in [-0.2, -0.15) is 0 Å². The molecule has 1 aliphatic heterocycles. The van der Waals surface area contributed by atoms with Crippen LogP contribution in [0.4, 0.5) is 0 Å². The summed E-state index contributed by atoms with van der Waals surface area (Å²) in [4.78, 5) is 51.9. The molecule has 2 saturated carbocycles. The van der Waals surface area contributed by atoms with Gasteiger partial charge in [-0.25, -0.2) is 14.8 Å². The van der Waals surface area contributed by atoms with Gasteiger partial charge >= 0.3 is 5.69 Å². The lowest BCUT2D eigenvalue weighted by atomic mass is 10.2. The average Bonchev–Trinajstić information content (AvgIpc) is 3.69. The van der Waals surface area contributed by atoms with Gasteiger partial charge in [0.25, 0.3) is 5.56 Å². The van der Waals surface area contributed by atoms with Crippen LogP contribution in [-0.2, 0) is 9.53 Å². The first kappa shape index (κ1) is 23.5. The predicted octanol–water partition coefficient (Wildman–Crippen LogP) is 1.26. The molecular weight excluding hydrogens is 456 g/mol. The van der Waals surface area contributed by atoms with Gasteiger partial charge in [0.2, 0.25) is 5.91 Å². The number of amides is 1. The molecule has 34 heavy (non-hydrogen) atoms. The summed E-state index contributed by atoms with van der Waals surface area (Å²) in [6.45, 7) is 8.27. The van der Waals surface area contributed by atoms with Gasteiger partial charge in [0, 0.05) is 38.1 Å². The molecular formula is C23H32N6O4S. The first-order valence-corrected chi connectivity index (χ1v) is 13.2. The van der Waals surface area contributed by atoms with Crippen LogP contribution < -0.4 is 16.6 Å². The van der Waals surface area contributed by atoms with Crippen LogP contribution in [0.2, 0.25) is 0 Å². The zero-order chi connectivity index (χ0) is 23.8. The fourth-order valence-electron chi connectivity index (χ4n) is 4.43. The van der Waals surface area contributed by atoms with E-state index < -0.39 is 11.2 Å². The van der Waals surface area contributed by atoms with Crippen molar-refractivity contribution < 1.29 is 9.53 Å². The minimum Gasteiger partial charge on any atom is -0.374 e. The Bertz CT molecular complexity index is 1190. The number of rotatable bonds is 9. The number of ether oxygens (including phenoxy) is 1. The smallest absolute Gasteiger partial charge is 0.330 e. The number of thioether (sulfide) groups is 1. The van der Waals surface area contributed by atoms with Gasteiger partial charge < -0.3 is 10.1 Å². The average molecular weight is 489 g/mol. The summed E-state index contributed by atoms with van der Waals surface area (Å²) in [5.74, 6) is 1.50. The third-order valence-corrected chi connectivity index (χ3v) is 7.31. The van der Waals surface area contributed by atoms with Crippen LogP contribution in [0.25, 0.3) is 11.0 Å². The number of nitrogens with one attached hydrogen (secondary N) is 2. The summed E-state index contributed by atoms with van der Waals surface area (Å²) in [7, 11) is 0. The van der Waals surface area contributed by atoms with E-state index in [0.29, 0.717) is 41.0 Å². The zero-order valence-electron chi connectivity index (χ0n) is 19.7. The van der Waals surface area contributed by atoms with Gasteiger partial charge in [0.1, 0.15) is 16.2 Å². The standard InChI is InChI=1S/C23H32N6O4S/c1-13(2)10-28-7-8-33-16(11-28)9-24-17(30)12-34-22-18-20(25-19(26-22)14-3-4-14)29(15-5-6-15)23(32)27-21(18)31/h13-16H,3-12H2,1-2H3,(H,24,30)(H,27,31,32). The highest BCUT2D eigenvalue weighted by Gasteiger charge is 2.32. The molecule has 3 heterocycles. The Morgan fingerprint density at radius 3 is 2.74 bits per heavy atom. The number of aromatic amines is 1. The molecule has 1 atom stereocenters. The number of nitrogens with zero attached hydrogens (tertiary/aromatic N) is 4. The molecule has 0 spiro atoms. The van der Waals surface area contributed by atoms with Gasteiger partial charge in [-0.3, -0.25) is 24.0 Å². The van der Waals surface area contributed by atoms with Gasteiger partial charge in [-0.05, 0) is 31.6 Å². The monoisotopic (exact) mass is 488 g/mol. The van der Waals surface area contributed by atoms with Crippen LogP contribution in [-0.4, -0.2) is 75.0 Å². The largest absolute Gasteiger partial charge is 0.374 e. The molecule has 0 radical (unpaired) electrons. The summed E-state index contributed by atoms with van der Waals surface area (Å²) in [6, 6.07) is 0.0701. The van der Waals surface area contributed by atoms with Crippen molar-refractivity contribution in [1.82, 2.24) is 29.7 Å². The lowest BCUT2D eigenvalue weighted by Crippen LogP contribution is -2.48. The van der Waals surface area contributed by atoms with Crippen LogP contribution in [0.5, 0.6) is 0 Å². The molecule has 1 amide bonds. The SMILES string of the molecule is CC(C)CN1CCOC(CNC(=O)CSc2nc(C3CC3)nc3c2c(=O)[nH]c(=O)n3C2CC2)C1. The van der Waals surface area contributed by atoms with E-state index in [0.717, 1.165) is 45.3 Å². The highest BCUT2D eigenvalue weighted by molar-refractivity contribution is 8.00. The van der Waals surface area contributed by atoms with Crippen LogP contribution >= 0.6 is 11.8 Å². The molecule has 1 unspecified atom stereocenters. The van der Waals surface area contributed by atoms with Crippen molar-refractivity contribution in [3.63, 3.8) is 0 Å². The van der Waals surface area contributed by atoms with E-state index in [9.17, 15) is 14.4 Å². The van der Waals surface area contributed by atoms with Crippen LogP contribution in [0.15, 0.2) is 14.6 Å². The molecule has 3 aliphatic rings. The maximum Gasteiger partial charge on any atom is 0.330 e. The van der Waals surface area contributed by atoms with Crippen molar-refractivity contribution in [2.24, 2.45) is 5.92 Å². The minimum absolute atomic E-state index is 0.0291. The fraction of sp³-hybridized carbons (Fsp3) is 0.696. The minimum atomic E-state index is -0.497. The van der Waals surface area contributed by atoms with E-state index in [-0.39, 0.29) is 29.7 Å². The maximum atomic E-state index is 12.7. The molecule has 2 aromatic heterocycles. The van der Waals surface area contributed by atoms with Gasteiger partial charge in [0.05, 0.1) is 18.5 Å².